The van der Waals surface area contributed by atoms with Gasteiger partial charge < -0.3 is 4.74 Å². The number of nitrogens with one attached hydrogen (secondary N) is 3. The lowest BCUT2D eigenvalue weighted by molar-refractivity contribution is -0.372. The molecule has 0 aliphatic heterocycles. The molecule has 0 saturated heterocycles. The summed E-state index contributed by atoms with van der Waals surface area (Å²) in [7, 11) is 0. The first kappa shape index (κ1) is 20.2. The van der Waals surface area contributed by atoms with E-state index in [1.54, 1.807) is 24.4 Å². The smallest absolute Gasteiger partial charge is 0.461 e. The van der Waals surface area contributed by atoms with E-state index in [4.69, 9.17) is 0 Å². The quantitative estimate of drug-likeness (QED) is 0.594. The molecule has 1 amide bonds. The van der Waals surface area contributed by atoms with Gasteiger partial charge in [-0.05, 0) is 32.0 Å². The van der Waals surface area contributed by atoms with Crippen molar-refractivity contribution in [3.63, 3.8) is 0 Å². The zero-order valence-electron chi connectivity index (χ0n) is 14.7. The molecule has 1 atom stereocenters. The van der Waals surface area contributed by atoms with E-state index in [1.165, 1.54) is 43.3 Å². The minimum absolute atomic E-state index is 0.0366. The van der Waals surface area contributed by atoms with Crippen LogP contribution in [0, 0.1) is 6.92 Å². The standard InChI is InChI=1S/C18H18F3N3O3/c1-3-27-16(26)17(18(19,20)21,23-14-11-7-8-12(2)22-14)24-15(25)13-9-5-4-6-10-13/h4-11H,3H2,1-2H3,(H,22,23)(H,24,25)/p+1/t17-/m0/s1. The van der Waals surface area contributed by atoms with Gasteiger partial charge in [-0.2, -0.15) is 13.2 Å². The Morgan fingerprint density at radius 1 is 1.07 bits per heavy atom. The van der Waals surface area contributed by atoms with Crippen molar-refractivity contribution in [2.75, 3.05) is 11.9 Å². The molecule has 3 N–H and O–H groups in total. The van der Waals surface area contributed by atoms with Crippen LogP contribution in [0.2, 0.25) is 0 Å². The second-order valence-electron chi connectivity index (χ2n) is 5.66. The van der Waals surface area contributed by atoms with Gasteiger partial charge in [-0.3, -0.25) is 10.1 Å². The number of benzene rings is 1. The zero-order valence-corrected chi connectivity index (χ0v) is 14.7. The third-order valence-electron chi connectivity index (χ3n) is 3.61. The SMILES string of the molecule is CCOC(=O)[C@@](NC(=O)c1ccccc1)(Nc1cccc(C)[nH+]1)C(F)(F)F. The predicted molar refractivity (Wildman–Crippen MR) is 90.7 cm³/mol. The molecule has 1 aromatic carbocycles. The highest BCUT2D eigenvalue weighted by molar-refractivity contribution is 5.99. The van der Waals surface area contributed by atoms with E-state index < -0.39 is 23.7 Å². The number of aromatic nitrogens is 1. The molecule has 0 spiro atoms. The lowest BCUT2D eigenvalue weighted by atomic mass is 10.1. The Labute approximate surface area is 153 Å². The van der Waals surface area contributed by atoms with Gasteiger partial charge in [0.1, 0.15) is 0 Å². The van der Waals surface area contributed by atoms with Crippen molar-refractivity contribution in [2.45, 2.75) is 25.7 Å². The second-order valence-corrected chi connectivity index (χ2v) is 5.66. The Morgan fingerprint density at radius 2 is 1.74 bits per heavy atom. The number of anilines is 1. The summed E-state index contributed by atoms with van der Waals surface area (Å²) in [6.07, 6.45) is -5.19. The van der Waals surface area contributed by atoms with Gasteiger partial charge in [-0.15, -0.1) is 0 Å². The average Bonchev–Trinajstić information content (AvgIpc) is 2.61. The van der Waals surface area contributed by atoms with Crippen LogP contribution in [0.5, 0.6) is 0 Å². The molecule has 27 heavy (non-hydrogen) atoms. The second kappa shape index (κ2) is 8.07. The van der Waals surface area contributed by atoms with Crippen molar-refractivity contribution < 1.29 is 32.5 Å². The lowest BCUT2D eigenvalue weighted by Crippen LogP contribution is -2.69. The topological polar surface area (TPSA) is 81.6 Å². The first-order valence-electron chi connectivity index (χ1n) is 8.08. The summed E-state index contributed by atoms with van der Waals surface area (Å²) in [6.45, 7) is 2.71. The number of halogens is 3. The summed E-state index contributed by atoms with van der Waals surface area (Å²) >= 11 is 0. The molecule has 0 aliphatic rings. The molecule has 1 aromatic heterocycles. The fourth-order valence-corrected chi connectivity index (χ4v) is 2.32. The molecule has 1 heterocycles. The number of pyridine rings is 1. The number of hydrogen-bond donors (Lipinski definition) is 2. The summed E-state index contributed by atoms with van der Waals surface area (Å²) in [5, 5.41) is 3.84. The predicted octanol–water partition coefficient (Wildman–Crippen LogP) is 2.47. The van der Waals surface area contributed by atoms with Crippen LogP contribution in [0.4, 0.5) is 19.0 Å². The van der Waals surface area contributed by atoms with Gasteiger partial charge in [0.15, 0.2) is 0 Å². The maximum Gasteiger partial charge on any atom is 0.464 e. The van der Waals surface area contributed by atoms with Crippen LogP contribution in [0.1, 0.15) is 23.0 Å². The zero-order chi connectivity index (χ0) is 20.1. The summed E-state index contributed by atoms with van der Waals surface area (Å²) in [6, 6.07) is 11.7. The van der Waals surface area contributed by atoms with E-state index in [2.05, 4.69) is 15.0 Å². The number of carbonyl (C=O) groups excluding carboxylic acids is 2. The highest BCUT2D eigenvalue weighted by atomic mass is 19.4. The number of esters is 1. The van der Waals surface area contributed by atoms with Gasteiger partial charge in [0.2, 0.25) is 0 Å². The molecule has 0 unspecified atom stereocenters. The Hall–Kier alpha value is -3.10. The van der Waals surface area contributed by atoms with Crippen LogP contribution in [-0.2, 0) is 9.53 Å². The van der Waals surface area contributed by atoms with Crippen LogP contribution in [0.3, 0.4) is 0 Å². The Bertz CT molecular complexity index is 812. The van der Waals surface area contributed by atoms with E-state index in [1.807, 2.05) is 0 Å². The van der Waals surface area contributed by atoms with Gasteiger partial charge in [0.25, 0.3) is 11.7 Å². The number of alkyl halides is 3. The number of carbonyl (C=O) groups is 2. The highest BCUT2D eigenvalue weighted by Crippen LogP contribution is 2.32. The Kier molecular flexibility index (Phi) is 6.04. The molecule has 2 rings (SSSR count). The lowest BCUT2D eigenvalue weighted by Gasteiger charge is -2.30. The van der Waals surface area contributed by atoms with Gasteiger partial charge in [0, 0.05) is 11.6 Å². The van der Waals surface area contributed by atoms with Crippen molar-refractivity contribution in [3.8, 4) is 0 Å². The van der Waals surface area contributed by atoms with Gasteiger partial charge in [-0.25, -0.2) is 15.1 Å². The molecule has 0 saturated carbocycles. The highest BCUT2D eigenvalue weighted by Gasteiger charge is 2.67. The van der Waals surface area contributed by atoms with E-state index in [0.717, 1.165) is 0 Å². The third kappa shape index (κ3) is 4.55. The first-order chi connectivity index (χ1) is 12.7. The Balaban J connectivity index is 2.50. The number of aromatic amines is 1. The molecular formula is C18H19F3N3O3+. The van der Waals surface area contributed by atoms with Gasteiger partial charge in [0.05, 0.1) is 12.3 Å². The first-order valence-corrected chi connectivity index (χ1v) is 8.08. The molecule has 0 aliphatic carbocycles. The van der Waals surface area contributed by atoms with E-state index in [-0.39, 0.29) is 18.0 Å². The number of H-pyrrole nitrogens is 1. The van der Waals surface area contributed by atoms with Crippen LogP contribution in [0.25, 0.3) is 0 Å². The number of rotatable bonds is 6. The Morgan fingerprint density at radius 3 is 2.30 bits per heavy atom. The summed E-state index contributed by atoms with van der Waals surface area (Å²) in [5.41, 5.74) is -2.96. The van der Waals surface area contributed by atoms with Crippen molar-refractivity contribution in [2.24, 2.45) is 0 Å². The molecule has 9 heteroatoms. The number of hydrogen-bond acceptors (Lipinski definition) is 4. The molecular weight excluding hydrogens is 363 g/mol. The number of amides is 1. The van der Waals surface area contributed by atoms with Crippen molar-refractivity contribution in [1.29, 1.82) is 0 Å². The fraction of sp³-hybridized carbons (Fsp3) is 0.278. The maximum atomic E-state index is 14.0. The van der Waals surface area contributed by atoms with Crippen molar-refractivity contribution >= 4 is 17.7 Å². The normalized spacial score (nSPS) is 13.4. The minimum Gasteiger partial charge on any atom is -0.461 e. The molecule has 2 aromatic rings. The molecule has 144 valence electrons. The molecule has 0 bridgehead atoms. The van der Waals surface area contributed by atoms with Gasteiger partial charge >= 0.3 is 17.8 Å². The minimum atomic E-state index is -5.19. The largest absolute Gasteiger partial charge is 0.464 e. The molecule has 0 fully saturated rings. The average molecular weight is 382 g/mol. The molecule has 0 radical (unpaired) electrons. The monoisotopic (exact) mass is 382 g/mol. The number of aryl methyl sites for hydroxylation is 1. The number of ether oxygens (including phenoxy) is 1. The van der Waals surface area contributed by atoms with E-state index >= 15 is 0 Å². The summed E-state index contributed by atoms with van der Waals surface area (Å²) in [5.74, 6) is -2.87. The fourth-order valence-electron chi connectivity index (χ4n) is 2.32. The van der Waals surface area contributed by atoms with Crippen molar-refractivity contribution in [3.05, 3.63) is 59.8 Å². The summed E-state index contributed by atoms with van der Waals surface area (Å²) in [4.78, 5) is 27.4. The molecule has 6 nitrogen and oxygen atoms in total. The van der Waals surface area contributed by atoms with Gasteiger partial charge in [-0.1, -0.05) is 24.3 Å². The van der Waals surface area contributed by atoms with Crippen LogP contribution >= 0.6 is 0 Å². The third-order valence-corrected chi connectivity index (χ3v) is 3.61. The van der Waals surface area contributed by atoms with Crippen LogP contribution in [0.15, 0.2) is 48.5 Å². The maximum absolute atomic E-state index is 14.0. The van der Waals surface area contributed by atoms with Crippen molar-refractivity contribution in [1.82, 2.24) is 5.32 Å². The van der Waals surface area contributed by atoms with E-state index in [9.17, 15) is 22.8 Å². The van der Waals surface area contributed by atoms with Crippen LogP contribution < -0.4 is 15.6 Å². The van der Waals surface area contributed by atoms with Crippen LogP contribution in [-0.4, -0.2) is 30.3 Å². The summed E-state index contributed by atoms with van der Waals surface area (Å²) < 4.78 is 46.7. The van der Waals surface area contributed by atoms with E-state index in [0.29, 0.717) is 5.69 Å².